The molecule has 0 spiro atoms. The third-order valence-corrected chi connectivity index (χ3v) is 6.65. The van der Waals surface area contributed by atoms with E-state index in [4.69, 9.17) is 0 Å². The van der Waals surface area contributed by atoms with Crippen LogP contribution < -0.4 is 9.62 Å². The highest BCUT2D eigenvalue weighted by Crippen LogP contribution is 2.20. The van der Waals surface area contributed by atoms with Crippen LogP contribution in [0.5, 0.6) is 0 Å². The normalized spacial score (nSPS) is 12.1. The third-order valence-electron chi connectivity index (χ3n) is 5.46. The Kier molecular flexibility index (Phi) is 10.0. The summed E-state index contributed by atoms with van der Waals surface area (Å²) in [7, 11) is -3.55. The number of sulfonamides is 1. The fourth-order valence-corrected chi connectivity index (χ4v) is 4.53. The number of carbonyl (C=O) groups is 2. The molecule has 2 amide bonds. The number of aryl methyl sites for hydroxylation is 1. The average Bonchev–Trinajstić information content (AvgIpc) is 2.78. The highest BCUT2D eigenvalue weighted by atomic mass is 32.2. The molecule has 7 nitrogen and oxygen atoms in total. The van der Waals surface area contributed by atoms with Crippen LogP contribution in [0, 0.1) is 12.7 Å². The molecule has 2 rings (SSSR count). The summed E-state index contributed by atoms with van der Waals surface area (Å²) in [5, 5.41) is 2.77. The fourth-order valence-electron chi connectivity index (χ4n) is 3.58. The van der Waals surface area contributed by atoms with Crippen LogP contribution in [0.2, 0.25) is 0 Å². The SMILES string of the molecule is CCCNC(=O)[C@H](C)N(Cc1ccccc1F)C(=O)CCCN(c1cccc(C)c1)S(C)(=O)=O. The molecule has 0 aliphatic heterocycles. The number of nitrogens with zero attached hydrogens (tertiary/aromatic N) is 2. The summed E-state index contributed by atoms with van der Waals surface area (Å²) in [5.41, 5.74) is 1.76. The Bertz CT molecular complexity index is 1090. The van der Waals surface area contributed by atoms with Gasteiger partial charge in [0, 0.05) is 31.6 Å². The van der Waals surface area contributed by atoms with Crippen molar-refractivity contribution >= 4 is 27.5 Å². The minimum Gasteiger partial charge on any atom is -0.354 e. The number of halogens is 1. The van der Waals surface area contributed by atoms with Gasteiger partial charge in [-0.05, 0) is 50.5 Å². The van der Waals surface area contributed by atoms with Gasteiger partial charge in [0.25, 0.3) is 0 Å². The Balaban J connectivity index is 2.16. The van der Waals surface area contributed by atoms with Gasteiger partial charge in [0.05, 0.1) is 11.9 Å². The summed E-state index contributed by atoms with van der Waals surface area (Å²) in [6.07, 6.45) is 2.14. The van der Waals surface area contributed by atoms with E-state index in [1.165, 1.54) is 15.3 Å². The molecule has 2 aromatic carbocycles. The first kappa shape index (κ1) is 27.3. The molecule has 0 unspecified atom stereocenters. The zero-order chi connectivity index (χ0) is 25.3. The summed E-state index contributed by atoms with van der Waals surface area (Å²) in [5.74, 6) is -1.12. The van der Waals surface area contributed by atoms with Crippen LogP contribution in [0.15, 0.2) is 48.5 Å². The minimum absolute atomic E-state index is 0.0116. The Hall–Kier alpha value is -2.94. The number of rotatable bonds is 12. The first-order chi connectivity index (χ1) is 16.0. The van der Waals surface area contributed by atoms with Crippen LogP contribution in [0.25, 0.3) is 0 Å². The van der Waals surface area contributed by atoms with Crippen molar-refractivity contribution in [2.45, 2.75) is 52.6 Å². The van der Waals surface area contributed by atoms with Crippen molar-refractivity contribution in [2.75, 3.05) is 23.7 Å². The minimum atomic E-state index is -3.55. The van der Waals surface area contributed by atoms with Gasteiger partial charge in [-0.25, -0.2) is 12.8 Å². The van der Waals surface area contributed by atoms with E-state index in [1.807, 2.05) is 19.9 Å². The summed E-state index contributed by atoms with van der Waals surface area (Å²) in [6, 6.07) is 12.5. The third kappa shape index (κ3) is 7.83. The monoisotopic (exact) mass is 491 g/mol. The van der Waals surface area contributed by atoms with Crippen LogP contribution in [0.1, 0.15) is 44.2 Å². The van der Waals surface area contributed by atoms with Crippen molar-refractivity contribution in [3.05, 3.63) is 65.5 Å². The van der Waals surface area contributed by atoms with Crippen molar-refractivity contribution in [3.8, 4) is 0 Å². The first-order valence-corrected chi connectivity index (χ1v) is 13.2. The van der Waals surface area contributed by atoms with E-state index in [0.29, 0.717) is 17.8 Å². The second-order valence-electron chi connectivity index (χ2n) is 8.36. The number of hydrogen-bond donors (Lipinski definition) is 1. The van der Waals surface area contributed by atoms with Crippen LogP contribution in [-0.2, 0) is 26.2 Å². The molecule has 34 heavy (non-hydrogen) atoms. The molecule has 0 aliphatic rings. The molecule has 0 saturated carbocycles. The molecule has 1 N–H and O–H groups in total. The Morgan fingerprint density at radius 2 is 1.82 bits per heavy atom. The maximum Gasteiger partial charge on any atom is 0.242 e. The number of benzene rings is 2. The lowest BCUT2D eigenvalue weighted by molar-refractivity contribution is -0.140. The van der Waals surface area contributed by atoms with E-state index in [1.54, 1.807) is 43.3 Å². The Morgan fingerprint density at radius 3 is 2.44 bits per heavy atom. The van der Waals surface area contributed by atoms with Gasteiger partial charge in [-0.1, -0.05) is 37.3 Å². The fraction of sp³-hybridized carbons (Fsp3) is 0.440. The predicted octanol–water partition coefficient (Wildman–Crippen LogP) is 3.62. The van der Waals surface area contributed by atoms with Crippen LogP contribution in [0.4, 0.5) is 10.1 Å². The Labute approximate surface area is 202 Å². The lowest BCUT2D eigenvalue weighted by atomic mass is 10.1. The summed E-state index contributed by atoms with van der Waals surface area (Å²) >= 11 is 0. The van der Waals surface area contributed by atoms with Gasteiger partial charge in [0.15, 0.2) is 0 Å². The molecular formula is C25H34FN3O4S. The zero-order valence-corrected chi connectivity index (χ0v) is 21.1. The van der Waals surface area contributed by atoms with E-state index >= 15 is 0 Å². The largest absolute Gasteiger partial charge is 0.354 e. The van der Waals surface area contributed by atoms with Gasteiger partial charge in [-0.2, -0.15) is 0 Å². The molecule has 0 aromatic heterocycles. The number of carbonyl (C=O) groups excluding carboxylic acids is 2. The van der Waals surface area contributed by atoms with E-state index in [-0.39, 0.29) is 37.7 Å². The smallest absolute Gasteiger partial charge is 0.242 e. The maximum absolute atomic E-state index is 14.3. The van der Waals surface area contributed by atoms with Crippen molar-refractivity contribution in [2.24, 2.45) is 0 Å². The van der Waals surface area contributed by atoms with Gasteiger partial charge in [0.1, 0.15) is 11.9 Å². The number of amides is 2. The predicted molar refractivity (Wildman–Crippen MR) is 132 cm³/mol. The topological polar surface area (TPSA) is 86.8 Å². The number of hydrogen-bond acceptors (Lipinski definition) is 4. The lowest BCUT2D eigenvalue weighted by Gasteiger charge is -2.29. The quantitative estimate of drug-likeness (QED) is 0.491. The molecule has 0 fully saturated rings. The highest BCUT2D eigenvalue weighted by molar-refractivity contribution is 7.92. The molecule has 186 valence electrons. The van der Waals surface area contributed by atoms with Crippen LogP contribution in [-0.4, -0.2) is 50.5 Å². The first-order valence-electron chi connectivity index (χ1n) is 11.4. The van der Waals surface area contributed by atoms with Crippen LogP contribution in [0.3, 0.4) is 0 Å². The highest BCUT2D eigenvalue weighted by Gasteiger charge is 2.27. The molecule has 9 heteroatoms. The molecule has 0 bridgehead atoms. The Morgan fingerprint density at radius 1 is 1.12 bits per heavy atom. The average molecular weight is 492 g/mol. The van der Waals surface area contributed by atoms with Crippen LogP contribution >= 0.6 is 0 Å². The summed E-state index contributed by atoms with van der Waals surface area (Å²) < 4.78 is 40.3. The van der Waals surface area contributed by atoms with Gasteiger partial charge >= 0.3 is 0 Å². The standard InChI is InChI=1S/C25H34FN3O4S/c1-5-15-27-25(31)20(3)28(18-21-11-6-7-13-23(21)26)24(30)14-9-16-29(34(4,32)33)22-12-8-10-19(2)17-22/h6-8,10-13,17,20H,5,9,14-16,18H2,1-4H3,(H,27,31)/t20-/m0/s1. The second kappa shape index (κ2) is 12.5. The van der Waals surface area contributed by atoms with E-state index < -0.39 is 21.9 Å². The molecule has 1 atom stereocenters. The van der Waals surface area contributed by atoms with Gasteiger partial charge in [-0.15, -0.1) is 0 Å². The molecular weight excluding hydrogens is 457 g/mol. The molecule has 0 aliphatic carbocycles. The van der Waals surface area contributed by atoms with Gasteiger partial charge < -0.3 is 10.2 Å². The van der Waals surface area contributed by atoms with E-state index in [2.05, 4.69) is 5.32 Å². The lowest BCUT2D eigenvalue weighted by Crippen LogP contribution is -2.48. The van der Waals surface area contributed by atoms with Gasteiger partial charge in [0.2, 0.25) is 21.8 Å². The van der Waals surface area contributed by atoms with Gasteiger partial charge in [-0.3, -0.25) is 13.9 Å². The molecule has 0 saturated heterocycles. The molecule has 0 radical (unpaired) electrons. The van der Waals surface area contributed by atoms with E-state index in [0.717, 1.165) is 18.2 Å². The van der Waals surface area contributed by atoms with Crippen molar-refractivity contribution in [3.63, 3.8) is 0 Å². The number of anilines is 1. The zero-order valence-electron chi connectivity index (χ0n) is 20.3. The van der Waals surface area contributed by atoms with Crippen molar-refractivity contribution < 1.29 is 22.4 Å². The molecule has 2 aromatic rings. The summed E-state index contributed by atoms with van der Waals surface area (Å²) in [6.45, 7) is 5.94. The van der Waals surface area contributed by atoms with E-state index in [9.17, 15) is 22.4 Å². The maximum atomic E-state index is 14.3. The van der Waals surface area contributed by atoms with Crippen molar-refractivity contribution in [1.29, 1.82) is 0 Å². The van der Waals surface area contributed by atoms with Crippen molar-refractivity contribution in [1.82, 2.24) is 10.2 Å². The second-order valence-corrected chi connectivity index (χ2v) is 10.3. The number of nitrogens with one attached hydrogen (secondary N) is 1. The summed E-state index contributed by atoms with van der Waals surface area (Å²) in [4.78, 5) is 27.1. The molecule has 0 heterocycles.